The molecule has 1 aromatic heterocycles. The molecule has 7 heteroatoms. The van der Waals surface area contributed by atoms with Crippen LogP contribution >= 0.6 is 0 Å². The van der Waals surface area contributed by atoms with Crippen molar-refractivity contribution in [2.24, 2.45) is 0 Å². The lowest BCUT2D eigenvalue weighted by Crippen LogP contribution is -2.43. The molecule has 3 rings (SSSR count). The predicted octanol–water partition coefficient (Wildman–Crippen LogP) is 2.20. The number of rotatable bonds is 5. The number of nitrogens with one attached hydrogen (secondary N) is 1. The van der Waals surface area contributed by atoms with Gasteiger partial charge in [0.25, 0.3) is 5.56 Å². The van der Waals surface area contributed by atoms with E-state index < -0.39 is 5.69 Å². The summed E-state index contributed by atoms with van der Waals surface area (Å²) in [5, 5.41) is 3.10. The molecule has 2 aromatic carbocycles. The topological polar surface area (TPSA) is 73.1 Å². The van der Waals surface area contributed by atoms with Crippen molar-refractivity contribution < 1.29 is 9.18 Å². The zero-order valence-corrected chi connectivity index (χ0v) is 15.1. The molecule has 27 heavy (non-hydrogen) atoms. The Hall–Kier alpha value is -3.22. The first-order valence-electron chi connectivity index (χ1n) is 8.63. The monoisotopic (exact) mass is 369 g/mol. The van der Waals surface area contributed by atoms with E-state index in [2.05, 4.69) is 5.32 Å². The number of aromatic nitrogens is 2. The largest absolute Gasteiger partial charge is 0.350 e. The summed E-state index contributed by atoms with van der Waals surface area (Å²) in [6.07, 6.45) is 0. The van der Waals surface area contributed by atoms with Gasteiger partial charge in [-0.05, 0) is 43.7 Å². The van der Waals surface area contributed by atoms with Crippen molar-refractivity contribution in [3.8, 4) is 0 Å². The van der Waals surface area contributed by atoms with Crippen molar-refractivity contribution in [3.63, 3.8) is 0 Å². The summed E-state index contributed by atoms with van der Waals surface area (Å²) in [7, 11) is 0. The number of para-hydroxylation sites is 1. The number of hydrogen-bond donors (Lipinski definition) is 1. The van der Waals surface area contributed by atoms with Gasteiger partial charge in [0.1, 0.15) is 12.4 Å². The van der Waals surface area contributed by atoms with Crippen molar-refractivity contribution in [2.45, 2.75) is 33.0 Å². The van der Waals surface area contributed by atoms with Gasteiger partial charge in [-0.1, -0.05) is 24.3 Å². The van der Waals surface area contributed by atoms with Crippen LogP contribution in [0, 0.1) is 5.82 Å². The number of fused-ring (bicyclic) bond motifs is 1. The van der Waals surface area contributed by atoms with Gasteiger partial charge in [-0.3, -0.25) is 18.7 Å². The van der Waals surface area contributed by atoms with Gasteiger partial charge in [-0.25, -0.2) is 9.18 Å². The van der Waals surface area contributed by atoms with Gasteiger partial charge in [-0.15, -0.1) is 0 Å². The summed E-state index contributed by atoms with van der Waals surface area (Å²) in [5.74, 6) is -0.723. The van der Waals surface area contributed by atoms with E-state index in [0.29, 0.717) is 10.9 Å². The molecule has 140 valence electrons. The van der Waals surface area contributed by atoms with E-state index in [1.54, 1.807) is 50.2 Å². The van der Waals surface area contributed by atoms with Crippen LogP contribution in [0.25, 0.3) is 10.9 Å². The molecular formula is C20H20FN3O3. The molecule has 0 radical (unpaired) electrons. The molecule has 1 amide bonds. The minimum absolute atomic E-state index is 0.215. The zero-order chi connectivity index (χ0) is 19.6. The van der Waals surface area contributed by atoms with Gasteiger partial charge in [-0.2, -0.15) is 0 Å². The number of benzene rings is 2. The molecular weight excluding hydrogens is 349 g/mol. The smallest absolute Gasteiger partial charge is 0.332 e. The van der Waals surface area contributed by atoms with Gasteiger partial charge in [0.15, 0.2) is 0 Å². The van der Waals surface area contributed by atoms with Crippen molar-refractivity contribution in [2.75, 3.05) is 0 Å². The second-order valence-corrected chi connectivity index (χ2v) is 6.56. The molecule has 0 spiro atoms. The second-order valence-electron chi connectivity index (χ2n) is 6.56. The molecule has 0 aliphatic heterocycles. The van der Waals surface area contributed by atoms with Crippen molar-refractivity contribution in [1.82, 2.24) is 14.5 Å². The first kappa shape index (κ1) is 18.6. The third-order valence-electron chi connectivity index (χ3n) is 4.30. The van der Waals surface area contributed by atoms with Crippen molar-refractivity contribution >= 4 is 16.8 Å². The van der Waals surface area contributed by atoms with Crippen LogP contribution in [0.4, 0.5) is 4.39 Å². The second kappa shape index (κ2) is 7.57. The van der Waals surface area contributed by atoms with Crippen LogP contribution in [0.3, 0.4) is 0 Å². The average Bonchev–Trinajstić information content (AvgIpc) is 2.64. The molecule has 0 saturated heterocycles. The Labute approximate surface area is 154 Å². The van der Waals surface area contributed by atoms with E-state index >= 15 is 0 Å². The lowest BCUT2D eigenvalue weighted by Gasteiger charge is -2.16. The molecule has 3 aromatic rings. The Morgan fingerprint density at radius 1 is 1.07 bits per heavy atom. The lowest BCUT2D eigenvalue weighted by atomic mass is 10.2. The van der Waals surface area contributed by atoms with Gasteiger partial charge in [0.2, 0.25) is 5.91 Å². The van der Waals surface area contributed by atoms with Crippen molar-refractivity contribution in [3.05, 3.63) is 80.7 Å². The number of hydrogen-bond acceptors (Lipinski definition) is 3. The Morgan fingerprint density at radius 3 is 2.41 bits per heavy atom. The first-order valence-corrected chi connectivity index (χ1v) is 8.63. The Balaban J connectivity index is 1.92. The number of amides is 1. The highest BCUT2D eigenvalue weighted by Gasteiger charge is 2.16. The van der Waals surface area contributed by atoms with Crippen LogP contribution in [0.2, 0.25) is 0 Å². The lowest BCUT2D eigenvalue weighted by molar-refractivity contribution is -0.121. The third kappa shape index (κ3) is 3.81. The molecule has 6 nitrogen and oxygen atoms in total. The summed E-state index contributed by atoms with van der Waals surface area (Å²) < 4.78 is 15.4. The quantitative estimate of drug-likeness (QED) is 0.749. The normalized spacial score (nSPS) is 11.1. The maximum Gasteiger partial charge on any atom is 0.332 e. The molecule has 0 aliphatic carbocycles. The molecule has 0 aliphatic rings. The summed E-state index contributed by atoms with van der Waals surface area (Å²) in [5.41, 5.74) is 0.273. The Kier molecular flexibility index (Phi) is 5.21. The molecule has 1 N–H and O–H groups in total. The maximum atomic E-state index is 12.9. The van der Waals surface area contributed by atoms with Crippen molar-refractivity contribution in [1.29, 1.82) is 0 Å². The first-order chi connectivity index (χ1) is 12.9. The molecule has 0 fully saturated rings. The highest BCUT2D eigenvalue weighted by Crippen LogP contribution is 2.09. The third-order valence-corrected chi connectivity index (χ3v) is 4.30. The van der Waals surface area contributed by atoms with Crippen LogP contribution in [-0.2, 0) is 17.9 Å². The Bertz CT molecular complexity index is 1100. The fourth-order valence-electron chi connectivity index (χ4n) is 2.95. The van der Waals surface area contributed by atoms with E-state index in [1.807, 2.05) is 0 Å². The minimum atomic E-state index is -0.523. The van der Waals surface area contributed by atoms with E-state index in [1.165, 1.54) is 16.7 Å². The summed E-state index contributed by atoms with van der Waals surface area (Å²) in [4.78, 5) is 37.8. The molecule has 0 atom stereocenters. The van der Waals surface area contributed by atoms with E-state index in [4.69, 9.17) is 0 Å². The van der Waals surface area contributed by atoms with E-state index in [9.17, 15) is 18.8 Å². The van der Waals surface area contributed by atoms with Gasteiger partial charge < -0.3 is 5.32 Å². The number of nitrogens with zero attached hydrogens (tertiary/aromatic N) is 2. The van der Waals surface area contributed by atoms with Gasteiger partial charge in [0, 0.05) is 12.6 Å². The number of carbonyl (C=O) groups is 1. The number of halogens is 1. The fourth-order valence-corrected chi connectivity index (χ4v) is 2.95. The van der Waals surface area contributed by atoms with Gasteiger partial charge in [0.05, 0.1) is 10.9 Å². The number of carbonyl (C=O) groups excluding carboxylic acids is 1. The maximum absolute atomic E-state index is 12.9. The minimum Gasteiger partial charge on any atom is -0.350 e. The van der Waals surface area contributed by atoms with Crippen LogP contribution in [0.15, 0.2) is 58.1 Å². The fraction of sp³-hybridized carbons (Fsp3) is 0.250. The molecule has 0 bridgehead atoms. The van der Waals surface area contributed by atoms with E-state index in [0.717, 1.165) is 10.1 Å². The summed E-state index contributed by atoms with van der Waals surface area (Å²) in [6, 6.07) is 12.2. The highest BCUT2D eigenvalue weighted by molar-refractivity contribution is 5.81. The molecule has 1 heterocycles. The molecule has 0 unspecified atom stereocenters. The van der Waals surface area contributed by atoms with Crippen LogP contribution in [0.5, 0.6) is 0 Å². The average molecular weight is 369 g/mol. The van der Waals surface area contributed by atoms with Crippen LogP contribution in [-0.4, -0.2) is 15.0 Å². The Morgan fingerprint density at radius 2 is 1.74 bits per heavy atom. The highest BCUT2D eigenvalue weighted by atomic mass is 19.1. The van der Waals surface area contributed by atoms with Crippen LogP contribution < -0.4 is 16.6 Å². The predicted molar refractivity (Wildman–Crippen MR) is 101 cm³/mol. The van der Waals surface area contributed by atoms with E-state index in [-0.39, 0.29) is 36.4 Å². The standard InChI is InChI=1S/C20H20FN3O3/c1-13(2)24-19(26)16-5-3-4-6-17(16)23(20(24)27)12-18(25)22-11-14-7-9-15(21)10-8-14/h3-10,13H,11-12H2,1-2H3,(H,22,25). The summed E-state index contributed by atoms with van der Waals surface area (Å²) >= 11 is 0. The summed E-state index contributed by atoms with van der Waals surface area (Å²) in [6.45, 7) is 3.50. The molecule has 0 saturated carbocycles. The SMILES string of the molecule is CC(C)n1c(=O)c2ccccc2n(CC(=O)NCc2ccc(F)cc2)c1=O. The van der Waals surface area contributed by atoms with Crippen LogP contribution in [0.1, 0.15) is 25.5 Å². The zero-order valence-electron chi connectivity index (χ0n) is 15.1. The van der Waals surface area contributed by atoms with Gasteiger partial charge >= 0.3 is 5.69 Å².